The first-order chi connectivity index (χ1) is 8.24. The number of hydrogen-bond acceptors (Lipinski definition) is 2. The van der Waals surface area contributed by atoms with Crippen molar-refractivity contribution in [2.45, 2.75) is 6.54 Å². The lowest BCUT2D eigenvalue weighted by molar-refractivity contribution is 0.410. The van der Waals surface area contributed by atoms with Crippen LogP contribution in [0, 0.1) is 5.82 Å². The summed E-state index contributed by atoms with van der Waals surface area (Å²) in [5.74, 6) is 0.541. The second-order valence-corrected chi connectivity index (χ2v) is 3.74. The van der Waals surface area contributed by atoms with E-state index >= 15 is 0 Å². The van der Waals surface area contributed by atoms with Crippen molar-refractivity contribution >= 4 is 12.4 Å². The van der Waals surface area contributed by atoms with E-state index < -0.39 is 0 Å². The Morgan fingerprint density at radius 3 is 2.22 bits per heavy atom. The molecule has 18 heavy (non-hydrogen) atoms. The normalized spacial score (nSPS) is 9.72. The number of hydrogen-bond donors (Lipinski definition) is 1. The molecule has 0 aliphatic carbocycles. The summed E-state index contributed by atoms with van der Waals surface area (Å²) in [6.07, 6.45) is 0. The third-order valence-electron chi connectivity index (χ3n) is 2.68. The smallest absolute Gasteiger partial charge is 0.123 e. The van der Waals surface area contributed by atoms with Crippen LogP contribution in [0.15, 0.2) is 42.5 Å². The van der Waals surface area contributed by atoms with Gasteiger partial charge in [-0.05, 0) is 35.4 Å². The van der Waals surface area contributed by atoms with E-state index in [1.807, 2.05) is 18.2 Å². The summed E-state index contributed by atoms with van der Waals surface area (Å²) in [6, 6.07) is 12.2. The van der Waals surface area contributed by atoms with Crippen LogP contribution >= 0.6 is 12.4 Å². The van der Waals surface area contributed by atoms with Gasteiger partial charge in [-0.15, -0.1) is 12.4 Å². The molecule has 96 valence electrons. The second-order valence-electron chi connectivity index (χ2n) is 3.74. The van der Waals surface area contributed by atoms with Gasteiger partial charge in [0.15, 0.2) is 0 Å². The van der Waals surface area contributed by atoms with E-state index in [-0.39, 0.29) is 18.2 Å². The third kappa shape index (κ3) is 3.00. The molecule has 2 rings (SSSR count). The van der Waals surface area contributed by atoms with Crippen LogP contribution in [0.5, 0.6) is 5.75 Å². The molecule has 0 amide bonds. The van der Waals surface area contributed by atoms with Crippen LogP contribution in [0.3, 0.4) is 0 Å². The number of methoxy groups -OCH3 is 1. The van der Waals surface area contributed by atoms with Crippen LogP contribution in [0.2, 0.25) is 0 Å². The van der Waals surface area contributed by atoms with Gasteiger partial charge in [-0.3, -0.25) is 0 Å². The summed E-state index contributed by atoms with van der Waals surface area (Å²) in [7, 11) is 1.62. The SMILES string of the molecule is COc1ccc(-c2ccc(F)cc2)cc1CN.Cl. The van der Waals surface area contributed by atoms with Crippen LogP contribution in [-0.4, -0.2) is 7.11 Å². The molecule has 4 heteroatoms. The number of benzene rings is 2. The first-order valence-corrected chi connectivity index (χ1v) is 5.37. The van der Waals surface area contributed by atoms with Crippen LogP contribution < -0.4 is 10.5 Å². The van der Waals surface area contributed by atoms with Gasteiger partial charge in [0.1, 0.15) is 11.6 Å². The van der Waals surface area contributed by atoms with Gasteiger partial charge in [0, 0.05) is 12.1 Å². The molecule has 0 aliphatic rings. The molecule has 0 saturated carbocycles. The van der Waals surface area contributed by atoms with Gasteiger partial charge in [0.2, 0.25) is 0 Å². The molecular formula is C14H15ClFNO. The lowest BCUT2D eigenvalue weighted by atomic mass is 10.0. The van der Waals surface area contributed by atoms with Crippen LogP contribution in [-0.2, 0) is 6.54 Å². The van der Waals surface area contributed by atoms with E-state index in [0.29, 0.717) is 6.54 Å². The summed E-state index contributed by atoms with van der Waals surface area (Å²) in [5.41, 5.74) is 8.56. The highest BCUT2D eigenvalue weighted by atomic mass is 35.5. The highest BCUT2D eigenvalue weighted by Gasteiger charge is 2.04. The maximum atomic E-state index is 12.8. The van der Waals surface area contributed by atoms with Crippen LogP contribution in [0.4, 0.5) is 4.39 Å². The maximum absolute atomic E-state index is 12.8. The quantitative estimate of drug-likeness (QED) is 0.925. The molecule has 2 nitrogen and oxygen atoms in total. The molecule has 0 aromatic heterocycles. The third-order valence-corrected chi connectivity index (χ3v) is 2.68. The molecule has 0 atom stereocenters. The zero-order chi connectivity index (χ0) is 12.3. The van der Waals surface area contributed by atoms with E-state index in [0.717, 1.165) is 22.4 Å². The number of nitrogens with two attached hydrogens (primary N) is 1. The fraction of sp³-hybridized carbons (Fsp3) is 0.143. The zero-order valence-corrected chi connectivity index (χ0v) is 10.8. The summed E-state index contributed by atoms with van der Waals surface area (Å²) < 4.78 is 18.0. The van der Waals surface area contributed by atoms with Gasteiger partial charge in [-0.2, -0.15) is 0 Å². The number of halogens is 2. The molecule has 2 N–H and O–H groups in total. The molecule has 2 aromatic carbocycles. The highest BCUT2D eigenvalue weighted by Crippen LogP contribution is 2.26. The molecule has 0 heterocycles. The Hall–Kier alpha value is -1.58. The molecule has 0 spiro atoms. The van der Waals surface area contributed by atoms with Gasteiger partial charge < -0.3 is 10.5 Å². The Bertz CT molecular complexity index is 514. The fourth-order valence-corrected chi connectivity index (χ4v) is 1.76. The lowest BCUT2D eigenvalue weighted by Crippen LogP contribution is -2.00. The zero-order valence-electron chi connectivity index (χ0n) is 10.0. The molecule has 0 fully saturated rings. The lowest BCUT2D eigenvalue weighted by Gasteiger charge is -2.09. The molecule has 2 aromatic rings. The van der Waals surface area contributed by atoms with Crippen molar-refractivity contribution in [3.8, 4) is 16.9 Å². The minimum atomic E-state index is -0.235. The molecule has 0 radical (unpaired) electrons. The van der Waals surface area contributed by atoms with E-state index in [2.05, 4.69) is 0 Å². The largest absolute Gasteiger partial charge is 0.496 e. The van der Waals surface area contributed by atoms with Crippen molar-refractivity contribution in [2.24, 2.45) is 5.73 Å². The minimum Gasteiger partial charge on any atom is -0.496 e. The minimum absolute atomic E-state index is 0. The van der Waals surface area contributed by atoms with Crippen LogP contribution in [0.1, 0.15) is 5.56 Å². The molecule has 0 aliphatic heterocycles. The molecule has 0 unspecified atom stereocenters. The Labute approximate surface area is 112 Å². The van der Waals surface area contributed by atoms with Gasteiger partial charge in [-0.1, -0.05) is 18.2 Å². The summed E-state index contributed by atoms with van der Waals surface area (Å²) in [6.45, 7) is 0.415. The average Bonchev–Trinajstić information content (AvgIpc) is 2.39. The fourth-order valence-electron chi connectivity index (χ4n) is 1.76. The van der Waals surface area contributed by atoms with Gasteiger partial charge in [-0.25, -0.2) is 4.39 Å². The first kappa shape index (κ1) is 14.5. The van der Waals surface area contributed by atoms with E-state index in [1.54, 1.807) is 19.2 Å². The van der Waals surface area contributed by atoms with Crippen molar-refractivity contribution < 1.29 is 9.13 Å². The maximum Gasteiger partial charge on any atom is 0.123 e. The van der Waals surface area contributed by atoms with Gasteiger partial charge in [0.05, 0.1) is 7.11 Å². The van der Waals surface area contributed by atoms with Crippen molar-refractivity contribution in [1.29, 1.82) is 0 Å². The molecular weight excluding hydrogens is 253 g/mol. The second kappa shape index (κ2) is 6.38. The monoisotopic (exact) mass is 267 g/mol. The van der Waals surface area contributed by atoms with E-state index in [9.17, 15) is 4.39 Å². The average molecular weight is 268 g/mol. The molecule has 0 bridgehead atoms. The van der Waals surface area contributed by atoms with Gasteiger partial charge >= 0.3 is 0 Å². The summed E-state index contributed by atoms with van der Waals surface area (Å²) in [5, 5.41) is 0. The standard InChI is InChI=1S/C14H14FNO.ClH/c1-17-14-7-4-11(8-12(14)9-16)10-2-5-13(15)6-3-10;/h2-8H,9,16H2,1H3;1H. The Kier molecular flexibility index (Phi) is 5.13. The topological polar surface area (TPSA) is 35.2 Å². The van der Waals surface area contributed by atoms with Crippen molar-refractivity contribution in [2.75, 3.05) is 7.11 Å². The number of rotatable bonds is 3. The van der Waals surface area contributed by atoms with Crippen LogP contribution in [0.25, 0.3) is 11.1 Å². The summed E-state index contributed by atoms with van der Waals surface area (Å²) in [4.78, 5) is 0. The predicted octanol–water partition coefficient (Wildman–Crippen LogP) is 3.38. The Morgan fingerprint density at radius 1 is 1.06 bits per heavy atom. The predicted molar refractivity (Wildman–Crippen MR) is 73.5 cm³/mol. The summed E-state index contributed by atoms with van der Waals surface area (Å²) >= 11 is 0. The van der Waals surface area contributed by atoms with E-state index in [1.165, 1.54) is 12.1 Å². The number of ether oxygens (including phenoxy) is 1. The van der Waals surface area contributed by atoms with Gasteiger partial charge in [0.25, 0.3) is 0 Å². The Balaban J connectivity index is 0.00000162. The first-order valence-electron chi connectivity index (χ1n) is 5.37. The van der Waals surface area contributed by atoms with Crippen molar-refractivity contribution in [3.63, 3.8) is 0 Å². The van der Waals surface area contributed by atoms with Crippen molar-refractivity contribution in [3.05, 3.63) is 53.8 Å². The van der Waals surface area contributed by atoms with E-state index in [4.69, 9.17) is 10.5 Å². The molecule has 0 saturated heterocycles. The Morgan fingerprint density at radius 2 is 1.67 bits per heavy atom. The highest BCUT2D eigenvalue weighted by molar-refractivity contribution is 5.85. The van der Waals surface area contributed by atoms with Crippen molar-refractivity contribution in [1.82, 2.24) is 0 Å².